The van der Waals surface area contributed by atoms with E-state index in [0.717, 1.165) is 25.7 Å². The maximum atomic E-state index is 10.9. The minimum atomic E-state index is -3.78. The molecule has 1 aliphatic rings. The van der Waals surface area contributed by atoms with Gasteiger partial charge in [0.05, 0.1) is 6.16 Å². The average Bonchev–Trinajstić information content (AvgIpc) is 2.15. The summed E-state index contributed by atoms with van der Waals surface area (Å²) in [5, 5.41) is 0. The van der Waals surface area contributed by atoms with Gasteiger partial charge in [-0.05, 0) is 18.8 Å². The molecule has 0 bridgehead atoms. The molecule has 4 heteroatoms. The largest absolute Gasteiger partial charge is 0.325 e. The second-order valence-corrected chi connectivity index (χ2v) is 6.11. The molecule has 1 rings (SSSR count). The van der Waals surface area contributed by atoms with Crippen molar-refractivity contribution in [1.82, 2.24) is 0 Å². The van der Waals surface area contributed by atoms with E-state index in [9.17, 15) is 4.57 Å². The van der Waals surface area contributed by atoms with Crippen LogP contribution in [0.15, 0.2) is 0 Å². The topological polar surface area (TPSA) is 57.5 Å². The molecule has 1 saturated carbocycles. The van der Waals surface area contributed by atoms with E-state index in [1.165, 1.54) is 25.7 Å². The lowest BCUT2D eigenvalue weighted by molar-refractivity contribution is 0.350. The first-order valence-corrected chi connectivity index (χ1v) is 7.42. The normalized spacial score (nSPS) is 22.4. The van der Waals surface area contributed by atoms with Gasteiger partial charge in [0, 0.05) is 0 Å². The van der Waals surface area contributed by atoms with Gasteiger partial charge in [-0.3, -0.25) is 4.57 Å². The van der Waals surface area contributed by atoms with E-state index in [0.29, 0.717) is 0 Å². The zero-order chi connectivity index (χ0) is 10.4. The molecule has 0 aromatic heterocycles. The Balaban J connectivity index is 2.36. The van der Waals surface area contributed by atoms with Gasteiger partial charge in [-0.15, -0.1) is 0 Å². The van der Waals surface area contributed by atoms with Crippen molar-refractivity contribution in [3.8, 4) is 0 Å². The van der Waals surface area contributed by atoms with Crippen LogP contribution < -0.4 is 0 Å². The van der Waals surface area contributed by atoms with E-state index in [4.69, 9.17) is 9.79 Å². The first-order chi connectivity index (χ1) is 6.58. The van der Waals surface area contributed by atoms with E-state index in [1.54, 1.807) is 0 Å². The number of hydrogen-bond acceptors (Lipinski definition) is 1. The van der Waals surface area contributed by atoms with Crippen LogP contribution in [0, 0.1) is 5.92 Å². The Labute approximate surface area is 86.1 Å². The predicted octanol–water partition coefficient (Wildman–Crippen LogP) is 2.91. The van der Waals surface area contributed by atoms with Gasteiger partial charge < -0.3 is 9.79 Å². The van der Waals surface area contributed by atoms with E-state index in [-0.39, 0.29) is 12.1 Å². The van der Waals surface area contributed by atoms with E-state index in [1.807, 2.05) is 0 Å². The summed E-state index contributed by atoms with van der Waals surface area (Å²) >= 11 is 0. The zero-order valence-electron chi connectivity index (χ0n) is 8.69. The van der Waals surface area contributed by atoms with Gasteiger partial charge in [0.1, 0.15) is 0 Å². The first kappa shape index (κ1) is 12.2. The van der Waals surface area contributed by atoms with Crippen LogP contribution in [-0.4, -0.2) is 15.9 Å². The second kappa shape index (κ2) is 5.89. The average molecular weight is 220 g/mol. The van der Waals surface area contributed by atoms with Crippen LogP contribution in [0.5, 0.6) is 0 Å². The third-order valence-corrected chi connectivity index (χ3v) is 3.96. The van der Waals surface area contributed by atoms with Gasteiger partial charge >= 0.3 is 7.60 Å². The fourth-order valence-corrected chi connectivity index (χ4v) is 3.27. The van der Waals surface area contributed by atoms with Gasteiger partial charge in [-0.2, -0.15) is 0 Å². The molecule has 0 aromatic rings. The van der Waals surface area contributed by atoms with Crippen LogP contribution in [0.2, 0.25) is 0 Å². The molecule has 3 nitrogen and oxygen atoms in total. The van der Waals surface area contributed by atoms with Gasteiger partial charge in [0.25, 0.3) is 0 Å². The summed E-state index contributed by atoms with van der Waals surface area (Å²) in [4.78, 5) is 17.8. The fourth-order valence-electron chi connectivity index (χ4n) is 2.24. The van der Waals surface area contributed by atoms with Crippen molar-refractivity contribution in [2.45, 2.75) is 51.4 Å². The summed E-state index contributed by atoms with van der Waals surface area (Å²) in [6.45, 7) is 0. The number of hydrogen-bond donors (Lipinski definition) is 2. The van der Waals surface area contributed by atoms with E-state index in [2.05, 4.69) is 0 Å². The molecular formula is C10H21O3P. The van der Waals surface area contributed by atoms with Crippen molar-refractivity contribution in [2.24, 2.45) is 5.92 Å². The quantitative estimate of drug-likeness (QED) is 0.703. The molecule has 0 unspecified atom stereocenters. The standard InChI is InChI=1S/C10H21O3P/c11-14(12,13)9-10-7-5-3-1-2-4-6-8-10/h10H,1-9H2,(H2,11,12,13). The third kappa shape index (κ3) is 5.79. The Kier molecular flexibility index (Phi) is 5.14. The molecular weight excluding hydrogens is 199 g/mol. The highest BCUT2D eigenvalue weighted by atomic mass is 31.2. The Morgan fingerprint density at radius 1 is 0.929 bits per heavy atom. The predicted molar refractivity (Wildman–Crippen MR) is 57.3 cm³/mol. The molecule has 0 atom stereocenters. The lowest BCUT2D eigenvalue weighted by Gasteiger charge is -2.16. The molecule has 0 amide bonds. The second-order valence-electron chi connectivity index (χ2n) is 4.41. The smallest absolute Gasteiger partial charge is 0.324 e. The highest BCUT2D eigenvalue weighted by Gasteiger charge is 2.21. The van der Waals surface area contributed by atoms with Crippen LogP contribution >= 0.6 is 7.60 Å². The maximum Gasteiger partial charge on any atom is 0.325 e. The molecule has 0 aliphatic heterocycles. The molecule has 14 heavy (non-hydrogen) atoms. The van der Waals surface area contributed by atoms with Crippen molar-refractivity contribution in [2.75, 3.05) is 6.16 Å². The van der Waals surface area contributed by atoms with Crippen LogP contribution in [0.3, 0.4) is 0 Å². The lowest BCUT2D eigenvalue weighted by atomic mass is 9.99. The van der Waals surface area contributed by atoms with Gasteiger partial charge in [0.15, 0.2) is 0 Å². The van der Waals surface area contributed by atoms with Crippen LogP contribution in [0.4, 0.5) is 0 Å². The van der Waals surface area contributed by atoms with Crippen molar-refractivity contribution in [3.63, 3.8) is 0 Å². The number of rotatable bonds is 2. The molecule has 0 radical (unpaired) electrons. The Hall–Kier alpha value is 0.150. The summed E-state index contributed by atoms with van der Waals surface area (Å²) in [5.74, 6) is 0.258. The third-order valence-electron chi connectivity index (χ3n) is 2.97. The molecule has 0 heterocycles. The molecule has 0 aromatic carbocycles. The zero-order valence-corrected chi connectivity index (χ0v) is 9.59. The summed E-state index contributed by atoms with van der Waals surface area (Å²) in [7, 11) is -3.78. The van der Waals surface area contributed by atoms with Gasteiger partial charge in [0.2, 0.25) is 0 Å². The summed E-state index contributed by atoms with van der Waals surface area (Å²) < 4.78 is 10.9. The van der Waals surface area contributed by atoms with Crippen LogP contribution in [0.1, 0.15) is 51.4 Å². The van der Waals surface area contributed by atoms with Crippen LogP contribution in [0.25, 0.3) is 0 Å². The Bertz CT molecular complexity index is 190. The minimum Gasteiger partial charge on any atom is -0.324 e. The van der Waals surface area contributed by atoms with Crippen molar-refractivity contribution >= 4 is 7.60 Å². The SMILES string of the molecule is O=P(O)(O)CC1CCCCCCCC1. The molecule has 1 aliphatic carbocycles. The van der Waals surface area contributed by atoms with Crippen LogP contribution in [-0.2, 0) is 4.57 Å². The molecule has 84 valence electrons. The van der Waals surface area contributed by atoms with E-state index < -0.39 is 7.60 Å². The Morgan fingerprint density at radius 2 is 1.36 bits per heavy atom. The maximum absolute atomic E-state index is 10.9. The highest BCUT2D eigenvalue weighted by molar-refractivity contribution is 7.51. The summed E-state index contributed by atoms with van der Waals surface area (Å²) in [6, 6.07) is 0. The molecule has 2 N–H and O–H groups in total. The van der Waals surface area contributed by atoms with Gasteiger partial charge in [-0.1, -0.05) is 38.5 Å². The van der Waals surface area contributed by atoms with Crippen molar-refractivity contribution in [1.29, 1.82) is 0 Å². The van der Waals surface area contributed by atoms with E-state index >= 15 is 0 Å². The van der Waals surface area contributed by atoms with Crippen molar-refractivity contribution < 1.29 is 14.4 Å². The monoisotopic (exact) mass is 220 g/mol. The molecule has 0 spiro atoms. The molecule has 0 saturated heterocycles. The minimum absolute atomic E-state index is 0.104. The summed E-state index contributed by atoms with van der Waals surface area (Å²) in [6.07, 6.45) is 9.46. The fraction of sp³-hybridized carbons (Fsp3) is 1.00. The highest BCUT2D eigenvalue weighted by Crippen LogP contribution is 2.40. The Morgan fingerprint density at radius 3 is 1.79 bits per heavy atom. The summed E-state index contributed by atoms with van der Waals surface area (Å²) in [5.41, 5.74) is 0. The van der Waals surface area contributed by atoms with Gasteiger partial charge in [-0.25, -0.2) is 0 Å². The molecule has 1 fully saturated rings. The lowest BCUT2D eigenvalue weighted by Crippen LogP contribution is -2.06. The van der Waals surface area contributed by atoms with Crippen molar-refractivity contribution in [3.05, 3.63) is 0 Å². The first-order valence-electron chi connectivity index (χ1n) is 5.62.